The molecule has 0 saturated carbocycles. The lowest BCUT2D eigenvalue weighted by atomic mass is 10.0. The van der Waals surface area contributed by atoms with Gasteiger partial charge in [0.25, 0.3) is 0 Å². The van der Waals surface area contributed by atoms with E-state index in [4.69, 9.17) is 9.73 Å². The van der Waals surface area contributed by atoms with Gasteiger partial charge in [0, 0.05) is 32.2 Å². The molecule has 8 heteroatoms. The van der Waals surface area contributed by atoms with Gasteiger partial charge in [0.05, 0.1) is 13.1 Å². The predicted octanol–water partition coefficient (Wildman–Crippen LogP) is 1.80. The van der Waals surface area contributed by atoms with Crippen LogP contribution in [-0.2, 0) is 24.3 Å². The fraction of sp³-hybridized carbons (Fsp3) is 0.857. The van der Waals surface area contributed by atoms with Gasteiger partial charge < -0.3 is 15.4 Å². The van der Waals surface area contributed by atoms with Crippen molar-refractivity contribution in [3.8, 4) is 0 Å². The molecule has 29 heavy (non-hydrogen) atoms. The van der Waals surface area contributed by atoms with E-state index in [1.807, 2.05) is 4.68 Å². The number of guanidine groups is 1. The third kappa shape index (κ3) is 6.40. The molecule has 1 aromatic heterocycles. The minimum atomic E-state index is 0.313. The Bertz CT molecular complexity index is 651. The number of methoxy groups -OCH3 is 1. The second-order valence-electron chi connectivity index (χ2n) is 8.69. The Morgan fingerprint density at radius 1 is 1.31 bits per heavy atom. The molecular formula is C21H39N7O. The topological polar surface area (TPSA) is 79.6 Å². The number of likely N-dealkylation sites (tertiary alicyclic amines) is 1. The number of rotatable bonds is 9. The molecule has 2 aliphatic heterocycles. The van der Waals surface area contributed by atoms with Crippen LogP contribution in [0, 0.1) is 5.92 Å². The molecule has 0 amide bonds. The number of ether oxygens (including phenoxy) is 1. The second-order valence-corrected chi connectivity index (χ2v) is 8.69. The average Bonchev–Trinajstić information content (AvgIpc) is 3.34. The molecule has 1 saturated heterocycles. The molecule has 0 bridgehead atoms. The lowest BCUT2D eigenvalue weighted by Crippen LogP contribution is -2.47. The maximum Gasteiger partial charge on any atom is 0.191 e. The number of hydrogen-bond acceptors (Lipinski definition) is 5. The molecule has 2 aliphatic rings. The van der Waals surface area contributed by atoms with Gasteiger partial charge in [-0.2, -0.15) is 5.10 Å². The monoisotopic (exact) mass is 405 g/mol. The number of hydrogen-bond donors (Lipinski definition) is 2. The van der Waals surface area contributed by atoms with Gasteiger partial charge in [-0.3, -0.25) is 9.89 Å². The molecule has 3 heterocycles. The van der Waals surface area contributed by atoms with Crippen LogP contribution in [0.2, 0.25) is 0 Å². The van der Waals surface area contributed by atoms with E-state index in [-0.39, 0.29) is 0 Å². The van der Waals surface area contributed by atoms with Gasteiger partial charge in [0.15, 0.2) is 11.8 Å². The number of fused-ring (bicyclic) bond motifs is 1. The highest BCUT2D eigenvalue weighted by molar-refractivity contribution is 5.80. The van der Waals surface area contributed by atoms with E-state index in [0.717, 1.165) is 50.1 Å². The maximum absolute atomic E-state index is 5.17. The molecule has 2 atom stereocenters. The van der Waals surface area contributed by atoms with Crippen LogP contribution in [0.3, 0.4) is 0 Å². The number of aryl methyl sites for hydroxylation is 1. The Hall–Kier alpha value is -1.67. The first-order valence-corrected chi connectivity index (χ1v) is 11.3. The number of aromatic nitrogens is 3. The van der Waals surface area contributed by atoms with E-state index in [1.165, 1.54) is 32.4 Å². The van der Waals surface area contributed by atoms with E-state index in [9.17, 15) is 0 Å². The zero-order valence-electron chi connectivity index (χ0n) is 18.7. The molecule has 2 unspecified atom stereocenters. The van der Waals surface area contributed by atoms with Crippen LogP contribution >= 0.6 is 0 Å². The lowest BCUT2D eigenvalue weighted by Gasteiger charge is -2.29. The van der Waals surface area contributed by atoms with Gasteiger partial charge in [-0.05, 0) is 51.6 Å². The SMILES string of the molecule is CCNC(=NCC(CC(C)C)N1CCCC1)NC1CCc2nc(COC)nn2C1. The zero-order chi connectivity index (χ0) is 20.6. The summed E-state index contributed by atoms with van der Waals surface area (Å²) in [7, 11) is 1.68. The van der Waals surface area contributed by atoms with Crippen LogP contribution in [0.1, 0.15) is 58.1 Å². The molecule has 3 rings (SSSR count). The summed E-state index contributed by atoms with van der Waals surface area (Å²) in [6, 6.07) is 0.852. The van der Waals surface area contributed by atoms with Crippen molar-refractivity contribution in [1.82, 2.24) is 30.3 Å². The summed E-state index contributed by atoms with van der Waals surface area (Å²) in [5.41, 5.74) is 0. The quantitative estimate of drug-likeness (QED) is 0.482. The van der Waals surface area contributed by atoms with Gasteiger partial charge in [-0.15, -0.1) is 0 Å². The minimum Gasteiger partial charge on any atom is -0.377 e. The Labute approximate surface area is 175 Å². The Kier molecular flexibility index (Phi) is 8.29. The van der Waals surface area contributed by atoms with E-state index in [1.54, 1.807) is 7.11 Å². The Morgan fingerprint density at radius 2 is 2.10 bits per heavy atom. The minimum absolute atomic E-state index is 0.313. The Balaban J connectivity index is 1.60. The summed E-state index contributed by atoms with van der Waals surface area (Å²) < 4.78 is 7.18. The number of nitrogens with one attached hydrogen (secondary N) is 2. The van der Waals surface area contributed by atoms with Crippen molar-refractivity contribution in [2.24, 2.45) is 10.9 Å². The first-order valence-electron chi connectivity index (χ1n) is 11.3. The maximum atomic E-state index is 5.17. The summed E-state index contributed by atoms with van der Waals surface area (Å²) in [6.45, 7) is 12.2. The summed E-state index contributed by atoms with van der Waals surface area (Å²) in [6.07, 6.45) is 5.82. The highest BCUT2D eigenvalue weighted by Gasteiger charge is 2.24. The predicted molar refractivity (Wildman–Crippen MR) is 116 cm³/mol. The molecule has 0 radical (unpaired) electrons. The summed E-state index contributed by atoms with van der Waals surface area (Å²) in [4.78, 5) is 12.2. The fourth-order valence-corrected chi connectivity index (χ4v) is 4.37. The third-order valence-corrected chi connectivity index (χ3v) is 5.72. The fourth-order valence-electron chi connectivity index (χ4n) is 4.37. The van der Waals surface area contributed by atoms with E-state index in [0.29, 0.717) is 24.6 Å². The molecule has 2 N–H and O–H groups in total. The van der Waals surface area contributed by atoms with E-state index >= 15 is 0 Å². The van der Waals surface area contributed by atoms with Crippen LogP contribution in [0.25, 0.3) is 0 Å². The largest absolute Gasteiger partial charge is 0.377 e. The summed E-state index contributed by atoms with van der Waals surface area (Å²) in [5, 5.41) is 11.6. The van der Waals surface area contributed by atoms with Crippen molar-refractivity contribution in [3.05, 3.63) is 11.6 Å². The van der Waals surface area contributed by atoms with Crippen molar-refractivity contribution >= 4 is 5.96 Å². The number of nitrogens with zero attached hydrogens (tertiary/aromatic N) is 5. The average molecular weight is 406 g/mol. The van der Waals surface area contributed by atoms with E-state index < -0.39 is 0 Å². The number of aliphatic imine (C=N–C) groups is 1. The first kappa shape index (κ1) is 22.0. The van der Waals surface area contributed by atoms with Gasteiger partial charge in [0.2, 0.25) is 0 Å². The van der Waals surface area contributed by atoms with Gasteiger partial charge in [-0.25, -0.2) is 9.67 Å². The van der Waals surface area contributed by atoms with Crippen molar-refractivity contribution in [1.29, 1.82) is 0 Å². The first-order chi connectivity index (χ1) is 14.1. The third-order valence-electron chi connectivity index (χ3n) is 5.72. The Morgan fingerprint density at radius 3 is 2.79 bits per heavy atom. The summed E-state index contributed by atoms with van der Waals surface area (Å²) >= 11 is 0. The van der Waals surface area contributed by atoms with Gasteiger partial charge >= 0.3 is 0 Å². The van der Waals surface area contributed by atoms with Crippen molar-refractivity contribution < 1.29 is 4.74 Å². The van der Waals surface area contributed by atoms with Crippen molar-refractivity contribution in [2.45, 2.75) is 78.1 Å². The standard InChI is InChI=1S/C21H39N7O/c1-5-22-21(23-13-18(12-16(2)3)27-10-6-7-11-27)24-17-8-9-20-25-19(15-29-4)26-28(20)14-17/h16-18H,5-15H2,1-4H3,(H2,22,23,24). The normalized spacial score (nSPS) is 21.4. The molecule has 1 fully saturated rings. The molecule has 0 spiro atoms. The second kappa shape index (κ2) is 10.9. The highest BCUT2D eigenvalue weighted by Crippen LogP contribution is 2.18. The van der Waals surface area contributed by atoms with Gasteiger partial charge in [0.1, 0.15) is 12.4 Å². The lowest BCUT2D eigenvalue weighted by molar-refractivity contribution is 0.177. The molecule has 164 valence electrons. The molecule has 1 aromatic rings. The highest BCUT2D eigenvalue weighted by atomic mass is 16.5. The zero-order valence-corrected chi connectivity index (χ0v) is 18.7. The van der Waals surface area contributed by atoms with Crippen LogP contribution < -0.4 is 10.6 Å². The molecular weight excluding hydrogens is 366 g/mol. The van der Waals surface area contributed by atoms with Crippen LogP contribution in [0.15, 0.2) is 4.99 Å². The smallest absolute Gasteiger partial charge is 0.191 e. The van der Waals surface area contributed by atoms with Crippen LogP contribution in [0.5, 0.6) is 0 Å². The molecule has 0 aliphatic carbocycles. The van der Waals surface area contributed by atoms with Crippen LogP contribution in [0.4, 0.5) is 0 Å². The summed E-state index contributed by atoms with van der Waals surface area (Å²) in [5.74, 6) is 3.44. The van der Waals surface area contributed by atoms with E-state index in [2.05, 4.69) is 46.4 Å². The van der Waals surface area contributed by atoms with Gasteiger partial charge in [-0.1, -0.05) is 13.8 Å². The molecule has 0 aromatic carbocycles. The van der Waals surface area contributed by atoms with Crippen LogP contribution in [-0.4, -0.2) is 71.0 Å². The molecule has 8 nitrogen and oxygen atoms in total. The van der Waals surface area contributed by atoms with Crippen molar-refractivity contribution in [3.63, 3.8) is 0 Å². The van der Waals surface area contributed by atoms with Crippen molar-refractivity contribution in [2.75, 3.05) is 33.3 Å².